The fourth-order valence-electron chi connectivity index (χ4n) is 5.31. The smallest absolute Gasteiger partial charge is 0.220 e. The highest BCUT2D eigenvalue weighted by atomic mass is 16.1. The van der Waals surface area contributed by atoms with E-state index < -0.39 is 0 Å². The number of amides is 1. The zero-order valence-electron chi connectivity index (χ0n) is 12.0. The van der Waals surface area contributed by atoms with Gasteiger partial charge in [0.2, 0.25) is 5.91 Å². The van der Waals surface area contributed by atoms with Crippen molar-refractivity contribution in [3.05, 3.63) is 0 Å². The summed E-state index contributed by atoms with van der Waals surface area (Å²) < 4.78 is 0. The Kier molecular flexibility index (Phi) is 3.84. The molecule has 0 aliphatic heterocycles. The summed E-state index contributed by atoms with van der Waals surface area (Å²) in [5, 5.41) is 3.22. The molecular formula is C16H28N2O. The molecule has 3 heteroatoms. The lowest BCUT2D eigenvalue weighted by molar-refractivity contribution is -0.123. The molecule has 0 atom stereocenters. The highest BCUT2D eigenvalue weighted by molar-refractivity contribution is 5.75. The number of nitrogens with one attached hydrogen (secondary N) is 1. The molecule has 4 saturated carbocycles. The standard InChI is InChI=1S/C16H28N2O/c17-4-2-1-3-15(19)18-11-16-8-12-5-13(9-16)7-14(6-12)10-16/h12-14H,1-11,17H2,(H,18,19). The van der Waals surface area contributed by atoms with E-state index >= 15 is 0 Å². The average molecular weight is 264 g/mol. The van der Waals surface area contributed by atoms with E-state index in [4.69, 9.17) is 5.73 Å². The minimum atomic E-state index is 0.240. The monoisotopic (exact) mass is 264 g/mol. The van der Waals surface area contributed by atoms with E-state index in [1.165, 1.54) is 38.5 Å². The summed E-state index contributed by atoms with van der Waals surface area (Å²) in [4.78, 5) is 11.9. The van der Waals surface area contributed by atoms with Crippen molar-refractivity contribution in [1.82, 2.24) is 5.32 Å². The summed E-state index contributed by atoms with van der Waals surface area (Å²) in [6, 6.07) is 0. The second kappa shape index (κ2) is 5.43. The van der Waals surface area contributed by atoms with Gasteiger partial charge in [-0.3, -0.25) is 4.79 Å². The summed E-state index contributed by atoms with van der Waals surface area (Å²) in [6.45, 7) is 1.64. The lowest BCUT2D eigenvalue weighted by Crippen LogP contribution is -2.51. The predicted molar refractivity (Wildman–Crippen MR) is 76.5 cm³/mol. The third kappa shape index (κ3) is 2.96. The van der Waals surface area contributed by atoms with E-state index in [1.807, 2.05) is 0 Å². The van der Waals surface area contributed by atoms with E-state index in [0.29, 0.717) is 18.4 Å². The van der Waals surface area contributed by atoms with Gasteiger partial charge in [0.15, 0.2) is 0 Å². The molecule has 4 aliphatic rings. The number of rotatable bonds is 6. The lowest BCUT2D eigenvalue weighted by Gasteiger charge is -2.56. The highest BCUT2D eigenvalue weighted by Gasteiger charge is 2.50. The minimum Gasteiger partial charge on any atom is -0.356 e. The van der Waals surface area contributed by atoms with Crippen LogP contribution in [0.1, 0.15) is 57.8 Å². The Morgan fingerprint density at radius 2 is 1.63 bits per heavy atom. The fraction of sp³-hybridized carbons (Fsp3) is 0.938. The highest BCUT2D eigenvalue weighted by Crippen LogP contribution is 2.59. The number of hydrogen-bond acceptors (Lipinski definition) is 2. The second-order valence-corrected chi connectivity index (χ2v) is 7.44. The van der Waals surface area contributed by atoms with Crippen molar-refractivity contribution in [1.29, 1.82) is 0 Å². The molecule has 0 radical (unpaired) electrons. The molecule has 1 amide bonds. The third-order valence-corrected chi connectivity index (χ3v) is 5.68. The topological polar surface area (TPSA) is 55.1 Å². The molecular weight excluding hydrogens is 236 g/mol. The Labute approximate surface area is 116 Å². The SMILES string of the molecule is NCCCCC(=O)NCC12CC3CC(CC(C3)C1)C2. The summed E-state index contributed by atoms with van der Waals surface area (Å²) in [5.41, 5.74) is 5.93. The van der Waals surface area contributed by atoms with Gasteiger partial charge in [-0.05, 0) is 81.1 Å². The first-order chi connectivity index (χ1) is 9.19. The van der Waals surface area contributed by atoms with Gasteiger partial charge < -0.3 is 11.1 Å². The van der Waals surface area contributed by atoms with Gasteiger partial charge in [0.25, 0.3) is 0 Å². The van der Waals surface area contributed by atoms with Crippen LogP contribution in [0.25, 0.3) is 0 Å². The Balaban J connectivity index is 1.48. The van der Waals surface area contributed by atoms with E-state index in [2.05, 4.69) is 5.32 Å². The largest absolute Gasteiger partial charge is 0.356 e. The summed E-state index contributed by atoms with van der Waals surface area (Å²) >= 11 is 0. The van der Waals surface area contributed by atoms with Crippen LogP contribution < -0.4 is 11.1 Å². The van der Waals surface area contributed by atoms with E-state index in [9.17, 15) is 4.79 Å². The maximum Gasteiger partial charge on any atom is 0.220 e. The molecule has 3 nitrogen and oxygen atoms in total. The van der Waals surface area contributed by atoms with Crippen LogP contribution in [-0.2, 0) is 4.79 Å². The molecule has 108 valence electrons. The van der Waals surface area contributed by atoms with Gasteiger partial charge in [0, 0.05) is 13.0 Å². The van der Waals surface area contributed by atoms with Gasteiger partial charge in [-0.25, -0.2) is 0 Å². The molecule has 0 heterocycles. The molecule has 0 unspecified atom stereocenters. The molecule has 0 aromatic rings. The summed E-state index contributed by atoms with van der Waals surface area (Å²) in [5.74, 6) is 3.16. The van der Waals surface area contributed by atoms with Crippen LogP contribution in [-0.4, -0.2) is 19.0 Å². The molecule has 0 spiro atoms. The second-order valence-electron chi connectivity index (χ2n) is 7.44. The fourth-order valence-corrected chi connectivity index (χ4v) is 5.31. The van der Waals surface area contributed by atoms with E-state index in [0.717, 1.165) is 37.1 Å². The molecule has 19 heavy (non-hydrogen) atoms. The Hall–Kier alpha value is -0.570. The van der Waals surface area contributed by atoms with Crippen LogP contribution in [0.2, 0.25) is 0 Å². The lowest BCUT2D eigenvalue weighted by atomic mass is 9.49. The molecule has 4 bridgehead atoms. The van der Waals surface area contributed by atoms with Crippen LogP contribution in [0.4, 0.5) is 0 Å². The number of carbonyl (C=O) groups excluding carboxylic acids is 1. The van der Waals surface area contributed by atoms with Crippen LogP contribution >= 0.6 is 0 Å². The quantitative estimate of drug-likeness (QED) is 0.724. The first-order valence-corrected chi connectivity index (χ1v) is 8.16. The molecule has 4 fully saturated rings. The number of nitrogens with two attached hydrogens (primary N) is 1. The van der Waals surface area contributed by atoms with Crippen molar-refractivity contribution in [3.63, 3.8) is 0 Å². The number of carbonyl (C=O) groups is 1. The molecule has 0 saturated heterocycles. The Bertz CT molecular complexity index is 304. The molecule has 3 N–H and O–H groups in total. The minimum absolute atomic E-state index is 0.240. The van der Waals surface area contributed by atoms with Gasteiger partial charge in [0.05, 0.1) is 0 Å². The Morgan fingerprint density at radius 3 is 2.16 bits per heavy atom. The average Bonchev–Trinajstić information content (AvgIpc) is 2.35. The zero-order chi connectivity index (χ0) is 13.3. The van der Waals surface area contributed by atoms with Crippen molar-refractivity contribution in [2.24, 2.45) is 28.9 Å². The maximum absolute atomic E-state index is 11.9. The zero-order valence-corrected chi connectivity index (χ0v) is 12.0. The maximum atomic E-state index is 11.9. The van der Waals surface area contributed by atoms with Gasteiger partial charge in [0.1, 0.15) is 0 Å². The van der Waals surface area contributed by atoms with E-state index in [-0.39, 0.29) is 5.91 Å². The van der Waals surface area contributed by atoms with Crippen molar-refractivity contribution in [3.8, 4) is 0 Å². The Morgan fingerprint density at radius 1 is 1.05 bits per heavy atom. The van der Waals surface area contributed by atoms with Crippen molar-refractivity contribution >= 4 is 5.91 Å². The first-order valence-electron chi connectivity index (χ1n) is 8.16. The normalized spacial score (nSPS) is 39.5. The third-order valence-electron chi connectivity index (χ3n) is 5.68. The van der Waals surface area contributed by atoms with Gasteiger partial charge >= 0.3 is 0 Å². The molecule has 4 rings (SSSR count). The molecule has 0 aromatic carbocycles. The summed E-state index contributed by atoms with van der Waals surface area (Å²) in [7, 11) is 0. The van der Waals surface area contributed by atoms with E-state index in [1.54, 1.807) is 0 Å². The van der Waals surface area contributed by atoms with Gasteiger partial charge in [-0.2, -0.15) is 0 Å². The summed E-state index contributed by atoms with van der Waals surface area (Å²) in [6.07, 6.45) is 11.1. The van der Waals surface area contributed by atoms with Gasteiger partial charge in [-0.15, -0.1) is 0 Å². The van der Waals surface area contributed by atoms with Crippen molar-refractivity contribution in [2.75, 3.05) is 13.1 Å². The number of unbranched alkanes of at least 4 members (excludes halogenated alkanes) is 1. The van der Waals surface area contributed by atoms with Crippen molar-refractivity contribution in [2.45, 2.75) is 57.8 Å². The van der Waals surface area contributed by atoms with Crippen molar-refractivity contribution < 1.29 is 4.79 Å². The van der Waals surface area contributed by atoms with Crippen LogP contribution in [0.15, 0.2) is 0 Å². The van der Waals surface area contributed by atoms with Crippen LogP contribution in [0.5, 0.6) is 0 Å². The van der Waals surface area contributed by atoms with Crippen LogP contribution in [0, 0.1) is 23.2 Å². The first kappa shape index (κ1) is 13.4. The molecule has 0 aromatic heterocycles. The van der Waals surface area contributed by atoms with Crippen LogP contribution in [0.3, 0.4) is 0 Å². The predicted octanol–water partition coefficient (Wildman–Crippen LogP) is 2.45. The molecule has 4 aliphatic carbocycles. The van der Waals surface area contributed by atoms with Gasteiger partial charge in [-0.1, -0.05) is 0 Å². The number of hydrogen-bond donors (Lipinski definition) is 2.